The fraction of sp³-hybridized carbons (Fsp3) is 0.200. The van der Waals surface area contributed by atoms with Crippen molar-refractivity contribution in [1.29, 1.82) is 0 Å². The number of benzene rings is 2. The average molecular weight is 388 g/mol. The minimum absolute atomic E-state index is 0.260. The number of rotatable bonds is 6. The van der Waals surface area contributed by atoms with Crippen LogP contribution in [0.25, 0.3) is 10.9 Å². The van der Waals surface area contributed by atoms with Gasteiger partial charge in [0.15, 0.2) is 11.5 Å². The lowest BCUT2D eigenvalue weighted by atomic mass is 10.1. The smallest absolute Gasteiger partial charge is 0.341 e. The van der Waals surface area contributed by atoms with E-state index in [1.165, 1.54) is 0 Å². The summed E-state index contributed by atoms with van der Waals surface area (Å²) in [4.78, 5) is 16.6. The van der Waals surface area contributed by atoms with Gasteiger partial charge in [0.05, 0.1) is 26.3 Å². The van der Waals surface area contributed by atoms with Crippen LogP contribution >= 0.6 is 11.6 Å². The summed E-state index contributed by atoms with van der Waals surface area (Å²) in [6.45, 7) is 2.00. The Morgan fingerprint density at radius 1 is 1.00 bits per heavy atom. The van der Waals surface area contributed by atoms with E-state index in [0.717, 1.165) is 0 Å². The molecule has 0 radical (unpaired) electrons. The Morgan fingerprint density at radius 3 is 2.44 bits per heavy atom. The summed E-state index contributed by atoms with van der Waals surface area (Å²) in [7, 11) is 3.11. The number of fused-ring (bicyclic) bond motifs is 1. The van der Waals surface area contributed by atoms with Crippen molar-refractivity contribution in [3.8, 4) is 23.0 Å². The van der Waals surface area contributed by atoms with Gasteiger partial charge in [-0.25, -0.2) is 4.79 Å². The molecule has 0 spiro atoms. The van der Waals surface area contributed by atoms with Crippen molar-refractivity contribution in [2.45, 2.75) is 6.92 Å². The summed E-state index contributed by atoms with van der Waals surface area (Å²) in [5, 5.41) is 1.14. The number of halogens is 1. The third kappa shape index (κ3) is 3.90. The van der Waals surface area contributed by atoms with Crippen LogP contribution in [0.15, 0.2) is 42.6 Å². The number of ether oxygens (including phenoxy) is 4. The summed E-state index contributed by atoms with van der Waals surface area (Å²) in [5.41, 5.74) is 0.941. The quantitative estimate of drug-likeness (QED) is 0.562. The zero-order chi connectivity index (χ0) is 19.4. The summed E-state index contributed by atoms with van der Waals surface area (Å²) in [6.07, 6.45) is 1.61. The van der Waals surface area contributed by atoms with Crippen molar-refractivity contribution in [2.75, 3.05) is 20.8 Å². The first kappa shape index (κ1) is 18.8. The predicted molar refractivity (Wildman–Crippen MR) is 102 cm³/mol. The van der Waals surface area contributed by atoms with Gasteiger partial charge in [-0.1, -0.05) is 11.6 Å². The molecular weight excluding hydrogens is 370 g/mol. The number of esters is 1. The zero-order valence-corrected chi connectivity index (χ0v) is 15.9. The molecule has 0 unspecified atom stereocenters. The number of carbonyl (C=O) groups is 1. The molecule has 6 nitrogen and oxygen atoms in total. The lowest BCUT2D eigenvalue weighted by Crippen LogP contribution is -2.06. The lowest BCUT2D eigenvalue weighted by Gasteiger charge is -2.14. The third-order valence-electron chi connectivity index (χ3n) is 3.87. The molecule has 3 aromatic rings. The van der Waals surface area contributed by atoms with E-state index in [0.29, 0.717) is 38.9 Å². The molecule has 2 aromatic carbocycles. The second-order valence-electron chi connectivity index (χ2n) is 5.50. The molecule has 0 bridgehead atoms. The maximum Gasteiger partial charge on any atom is 0.341 e. The number of hydrogen-bond acceptors (Lipinski definition) is 6. The van der Waals surface area contributed by atoms with Crippen LogP contribution in [-0.2, 0) is 4.74 Å². The van der Waals surface area contributed by atoms with Crippen LogP contribution in [0.4, 0.5) is 0 Å². The summed E-state index contributed by atoms with van der Waals surface area (Å²) in [5.74, 6) is 1.41. The predicted octanol–water partition coefficient (Wildman–Crippen LogP) is 4.87. The fourth-order valence-electron chi connectivity index (χ4n) is 2.61. The average Bonchev–Trinajstić information content (AvgIpc) is 2.67. The van der Waals surface area contributed by atoms with E-state index in [2.05, 4.69) is 4.98 Å². The van der Waals surface area contributed by atoms with Gasteiger partial charge >= 0.3 is 5.97 Å². The van der Waals surface area contributed by atoms with Gasteiger partial charge in [-0.3, -0.25) is 4.98 Å². The zero-order valence-electron chi connectivity index (χ0n) is 15.1. The van der Waals surface area contributed by atoms with Crippen molar-refractivity contribution in [3.05, 3.63) is 53.2 Å². The first-order valence-electron chi connectivity index (χ1n) is 8.22. The molecule has 27 heavy (non-hydrogen) atoms. The van der Waals surface area contributed by atoms with E-state index in [1.807, 2.05) is 0 Å². The fourth-order valence-corrected chi connectivity index (χ4v) is 2.78. The highest BCUT2D eigenvalue weighted by Gasteiger charge is 2.17. The molecule has 0 saturated carbocycles. The van der Waals surface area contributed by atoms with Crippen molar-refractivity contribution < 1.29 is 23.7 Å². The number of carbonyl (C=O) groups excluding carboxylic acids is 1. The van der Waals surface area contributed by atoms with Gasteiger partial charge in [0.25, 0.3) is 0 Å². The van der Waals surface area contributed by atoms with Crippen LogP contribution < -0.4 is 14.2 Å². The van der Waals surface area contributed by atoms with Gasteiger partial charge in [-0.2, -0.15) is 0 Å². The molecule has 7 heteroatoms. The van der Waals surface area contributed by atoms with Crippen molar-refractivity contribution in [2.24, 2.45) is 0 Å². The number of methoxy groups -OCH3 is 2. The maximum absolute atomic E-state index is 12.2. The minimum atomic E-state index is -0.484. The van der Waals surface area contributed by atoms with E-state index in [9.17, 15) is 4.79 Å². The first-order valence-corrected chi connectivity index (χ1v) is 8.60. The molecule has 0 aliphatic carbocycles. The number of hydrogen-bond donors (Lipinski definition) is 0. The molecule has 0 aliphatic heterocycles. The second kappa shape index (κ2) is 8.14. The number of pyridine rings is 1. The summed E-state index contributed by atoms with van der Waals surface area (Å²) in [6, 6.07) is 9.98. The van der Waals surface area contributed by atoms with Crippen LogP contribution in [0, 0.1) is 0 Å². The molecule has 0 atom stereocenters. The van der Waals surface area contributed by atoms with Gasteiger partial charge in [0.1, 0.15) is 17.1 Å². The Bertz CT molecular complexity index is 990. The molecule has 3 rings (SSSR count). The minimum Gasteiger partial charge on any atom is -0.493 e. The Labute approximate surface area is 161 Å². The van der Waals surface area contributed by atoms with Crippen molar-refractivity contribution >= 4 is 28.5 Å². The Kier molecular flexibility index (Phi) is 5.66. The third-order valence-corrected chi connectivity index (χ3v) is 4.10. The maximum atomic E-state index is 12.2. The van der Waals surface area contributed by atoms with E-state index in [-0.39, 0.29) is 12.2 Å². The Balaban J connectivity index is 2.09. The van der Waals surface area contributed by atoms with Crippen LogP contribution in [-0.4, -0.2) is 31.8 Å². The van der Waals surface area contributed by atoms with E-state index in [4.69, 9.17) is 30.5 Å². The summed E-state index contributed by atoms with van der Waals surface area (Å²) >= 11 is 6.09. The topological polar surface area (TPSA) is 66.9 Å². The highest BCUT2D eigenvalue weighted by Crippen LogP contribution is 2.38. The molecule has 0 saturated heterocycles. The summed E-state index contributed by atoms with van der Waals surface area (Å²) < 4.78 is 21.8. The molecule has 1 heterocycles. The SMILES string of the molecule is CCOC(=O)c1ccc(Cl)cc1Oc1ccnc2cc(OC)c(OC)cc12. The van der Waals surface area contributed by atoms with Crippen LogP contribution in [0.1, 0.15) is 17.3 Å². The molecule has 0 N–H and O–H groups in total. The van der Waals surface area contributed by atoms with E-state index >= 15 is 0 Å². The molecular formula is C20H18ClNO5. The van der Waals surface area contributed by atoms with E-state index < -0.39 is 5.97 Å². The van der Waals surface area contributed by atoms with Gasteiger partial charge in [-0.15, -0.1) is 0 Å². The largest absolute Gasteiger partial charge is 0.493 e. The lowest BCUT2D eigenvalue weighted by molar-refractivity contribution is 0.0523. The van der Waals surface area contributed by atoms with Gasteiger partial charge in [0.2, 0.25) is 0 Å². The standard InChI is InChI=1S/C20H18ClNO5/c1-4-26-20(23)13-6-5-12(21)9-17(13)27-16-7-8-22-15-11-19(25-3)18(24-2)10-14(15)16/h5-11H,4H2,1-3H3. The Hall–Kier alpha value is -2.99. The molecule has 1 aromatic heterocycles. The second-order valence-corrected chi connectivity index (χ2v) is 5.93. The molecule has 0 aliphatic rings. The van der Waals surface area contributed by atoms with Crippen LogP contribution in [0.3, 0.4) is 0 Å². The van der Waals surface area contributed by atoms with Gasteiger partial charge in [0, 0.05) is 28.7 Å². The normalized spacial score (nSPS) is 10.5. The van der Waals surface area contributed by atoms with Crippen LogP contribution in [0.5, 0.6) is 23.0 Å². The first-order chi connectivity index (χ1) is 13.1. The molecule has 0 fully saturated rings. The molecule has 140 valence electrons. The van der Waals surface area contributed by atoms with Gasteiger partial charge < -0.3 is 18.9 Å². The van der Waals surface area contributed by atoms with Crippen molar-refractivity contribution in [1.82, 2.24) is 4.98 Å². The number of nitrogens with zero attached hydrogens (tertiary/aromatic N) is 1. The van der Waals surface area contributed by atoms with E-state index in [1.54, 1.807) is 63.7 Å². The number of aromatic nitrogens is 1. The monoisotopic (exact) mass is 387 g/mol. The Morgan fingerprint density at radius 2 is 1.74 bits per heavy atom. The highest BCUT2D eigenvalue weighted by molar-refractivity contribution is 6.30. The van der Waals surface area contributed by atoms with Gasteiger partial charge in [-0.05, 0) is 31.2 Å². The highest BCUT2D eigenvalue weighted by atomic mass is 35.5. The van der Waals surface area contributed by atoms with Crippen molar-refractivity contribution in [3.63, 3.8) is 0 Å². The van der Waals surface area contributed by atoms with Crippen LogP contribution in [0.2, 0.25) is 5.02 Å². The molecule has 0 amide bonds.